The lowest BCUT2D eigenvalue weighted by Crippen LogP contribution is -2.29. The molecule has 1 aliphatic rings. The van der Waals surface area contributed by atoms with Gasteiger partial charge in [0.1, 0.15) is 10.6 Å². The molecule has 0 radical (unpaired) electrons. The Balaban J connectivity index is 2.22. The lowest BCUT2D eigenvalue weighted by Gasteiger charge is -2.31. The largest absolute Gasteiger partial charge is 0.368 e. The van der Waals surface area contributed by atoms with E-state index in [0.29, 0.717) is 6.04 Å². The minimum absolute atomic E-state index is 0.155. The molecule has 1 aromatic heterocycles. The monoisotopic (exact) mass is 268 g/mol. The lowest BCUT2D eigenvalue weighted by atomic mass is 9.97. The van der Waals surface area contributed by atoms with Crippen LogP contribution in [-0.2, 0) is 10.3 Å². The van der Waals surface area contributed by atoms with Gasteiger partial charge in [0.2, 0.25) is 0 Å². The van der Waals surface area contributed by atoms with Crippen molar-refractivity contribution in [2.24, 2.45) is 0 Å². The number of rotatable bonds is 4. The van der Waals surface area contributed by atoms with Crippen molar-refractivity contribution in [2.45, 2.75) is 58.6 Å². The van der Waals surface area contributed by atoms with E-state index in [2.05, 4.69) is 33.0 Å². The van der Waals surface area contributed by atoms with Crippen LogP contribution in [0.4, 0.5) is 0 Å². The maximum Gasteiger partial charge on any atom is 0.125 e. The fourth-order valence-corrected chi connectivity index (χ4v) is 3.76. The predicted octanol–water partition coefficient (Wildman–Crippen LogP) is 3.54. The molecule has 1 saturated heterocycles. The van der Waals surface area contributed by atoms with Crippen molar-refractivity contribution in [1.82, 2.24) is 10.3 Å². The second kappa shape index (κ2) is 5.68. The molecule has 4 heteroatoms. The molecule has 1 aromatic rings. The summed E-state index contributed by atoms with van der Waals surface area (Å²) in [4.78, 5) is 6.11. The number of nitrogens with zero attached hydrogens (tertiary/aromatic N) is 1. The summed E-state index contributed by atoms with van der Waals surface area (Å²) in [5.41, 5.74) is 0.997. The van der Waals surface area contributed by atoms with E-state index in [1.807, 2.05) is 11.3 Å². The van der Waals surface area contributed by atoms with Crippen LogP contribution >= 0.6 is 11.3 Å². The highest BCUT2D eigenvalue weighted by atomic mass is 32.1. The van der Waals surface area contributed by atoms with Crippen LogP contribution in [0.3, 0.4) is 0 Å². The molecular weight excluding hydrogens is 244 g/mol. The number of ether oxygens (including phenoxy) is 1. The third kappa shape index (κ3) is 2.76. The Bertz CT molecular complexity index is 396. The molecule has 2 rings (SSSR count). The number of aryl methyl sites for hydroxylation is 1. The number of thiazole rings is 1. The van der Waals surface area contributed by atoms with Crippen molar-refractivity contribution in [1.29, 1.82) is 0 Å². The lowest BCUT2D eigenvalue weighted by molar-refractivity contribution is -0.0702. The molecule has 2 heterocycles. The molecule has 1 N–H and O–H groups in total. The second-order valence-electron chi connectivity index (χ2n) is 5.28. The van der Waals surface area contributed by atoms with Gasteiger partial charge in [-0.3, -0.25) is 0 Å². The SMILES string of the molecule is CCNC(C)c1sc(C2(C)CCCCO2)nc1C. The van der Waals surface area contributed by atoms with Crippen molar-refractivity contribution in [3.05, 3.63) is 15.6 Å². The normalized spacial score (nSPS) is 26.2. The Morgan fingerprint density at radius 3 is 2.89 bits per heavy atom. The summed E-state index contributed by atoms with van der Waals surface area (Å²) in [5, 5.41) is 4.61. The van der Waals surface area contributed by atoms with E-state index < -0.39 is 0 Å². The molecular formula is C14H24N2OS. The van der Waals surface area contributed by atoms with Crippen LogP contribution in [-0.4, -0.2) is 18.1 Å². The molecule has 1 fully saturated rings. The Hall–Kier alpha value is -0.450. The van der Waals surface area contributed by atoms with Gasteiger partial charge in [-0.1, -0.05) is 6.92 Å². The van der Waals surface area contributed by atoms with Crippen molar-refractivity contribution in [3.63, 3.8) is 0 Å². The van der Waals surface area contributed by atoms with Gasteiger partial charge < -0.3 is 10.1 Å². The van der Waals surface area contributed by atoms with Gasteiger partial charge in [-0.2, -0.15) is 0 Å². The highest BCUT2D eigenvalue weighted by Gasteiger charge is 2.34. The fourth-order valence-electron chi connectivity index (χ4n) is 2.54. The molecule has 3 nitrogen and oxygen atoms in total. The van der Waals surface area contributed by atoms with Crippen LogP contribution in [0.15, 0.2) is 0 Å². The van der Waals surface area contributed by atoms with Crippen molar-refractivity contribution < 1.29 is 4.74 Å². The van der Waals surface area contributed by atoms with Gasteiger partial charge in [0.15, 0.2) is 0 Å². The van der Waals surface area contributed by atoms with Crippen molar-refractivity contribution in [2.75, 3.05) is 13.2 Å². The van der Waals surface area contributed by atoms with Gasteiger partial charge in [0, 0.05) is 17.5 Å². The summed E-state index contributed by atoms with van der Waals surface area (Å²) in [7, 11) is 0. The van der Waals surface area contributed by atoms with E-state index in [1.165, 1.54) is 17.7 Å². The molecule has 2 atom stereocenters. The van der Waals surface area contributed by atoms with Crippen LogP contribution < -0.4 is 5.32 Å². The van der Waals surface area contributed by atoms with Crippen LogP contribution in [0.1, 0.15) is 61.7 Å². The van der Waals surface area contributed by atoms with Crippen molar-refractivity contribution in [3.8, 4) is 0 Å². The van der Waals surface area contributed by atoms with Gasteiger partial charge in [0.25, 0.3) is 0 Å². The quantitative estimate of drug-likeness (QED) is 0.907. The van der Waals surface area contributed by atoms with E-state index >= 15 is 0 Å². The summed E-state index contributed by atoms with van der Waals surface area (Å²) in [6, 6.07) is 0.383. The zero-order chi connectivity index (χ0) is 13.2. The molecule has 0 aliphatic carbocycles. The first-order valence-corrected chi connectivity index (χ1v) is 7.73. The predicted molar refractivity (Wildman–Crippen MR) is 76.1 cm³/mol. The average Bonchev–Trinajstić information content (AvgIpc) is 2.73. The summed E-state index contributed by atoms with van der Waals surface area (Å²) in [6.45, 7) is 10.5. The maximum atomic E-state index is 5.99. The third-order valence-corrected chi connectivity index (χ3v) is 5.24. The van der Waals surface area contributed by atoms with Crippen molar-refractivity contribution >= 4 is 11.3 Å². The smallest absolute Gasteiger partial charge is 0.125 e. The zero-order valence-electron chi connectivity index (χ0n) is 11.9. The summed E-state index contributed by atoms with van der Waals surface area (Å²) in [6.07, 6.45) is 3.52. The van der Waals surface area contributed by atoms with Crippen LogP contribution in [0, 0.1) is 6.92 Å². The van der Waals surface area contributed by atoms with Gasteiger partial charge in [-0.15, -0.1) is 11.3 Å². The molecule has 0 bridgehead atoms. The number of hydrogen-bond acceptors (Lipinski definition) is 4. The van der Waals surface area contributed by atoms with Gasteiger partial charge in [-0.05, 0) is 46.6 Å². The van der Waals surface area contributed by atoms with Gasteiger partial charge >= 0.3 is 0 Å². The summed E-state index contributed by atoms with van der Waals surface area (Å²) in [5.74, 6) is 0. The second-order valence-corrected chi connectivity index (χ2v) is 6.32. The molecule has 1 aliphatic heterocycles. The van der Waals surface area contributed by atoms with Gasteiger partial charge in [-0.25, -0.2) is 4.98 Å². The van der Waals surface area contributed by atoms with E-state index in [-0.39, 0.29) is 5.60 Å². The minimum Gasteiger partial charge on any atom is -0.368 e. The molecule has 0 aromatic carbocycles. The maximum absolute atomic E-state index is 5.99. The number of hydrogen-bond donors (Lipinski definition) is 1. The van der Waals surface area contributed by atoms with E-state index in [4.69, 9.17) is 9.72 Å². The molecule has 0 amide bonds. The summed E-state index contributed by atoms with van der Waals surface area (Å²) >= 11 is 1.81. The highest BCUT2D eigenvalue weighted by molar-refractivity contribution is 7.12. The molecule has 0 saturated carbocycles. The average molecular weight is 268 g/mol. The first kappa shape index (κ1) is 14.0. The van der Waals surface area contributed by atoms with Gasteiger partial charge in [0.05, 0.1) is 5.69 Å². The topological polar surface area (TPSA) is 34.1 Å². The first-order chi connectivity index (χ1) is 8.57. The Morgan fingerprint density at radius 2 is 2.28 bits per heavy atom. The van der Waals surface area contributed by atoms with Crippen LogP contribution in [0.2, 0.25) is 0 Å². The third-order valence-electron chi connectivity index (χ3n) is 3.66. The standard InChI is InChI=1S/C14H24N2OS/c1-5-15-10(2)12-11(3)16-13(18-12)14(4)8-6-7-9-17-14/h10,15H,5-9H2,1-4H3. The van der Waals surface area contributed by atoms with Crippen LogP contribution in [0.25, 0.3) is 0 Å². The van der Waals surface area contributed by atoms with E-state index in [1.54, 1.807) is 0 Å². The summed E-state index contributed by atoms with van der Waals surface area (Å²) < 4.78 is 5.99. The minimum atomic E-state index is -0.155. The Morgan fingerprint density at radius 1 is 1.50 bits per heavy atom. The molecule has 0 spiro atoms. The fraction of sp³-hybridized carbons (Fsp3) is 0.786. The molecule has 18 heavy (non-hydrogen) atoms. The highest BCUT2D eigenvalue weighted by Crippen LogP contribution is 2.39. The zero-order valence-corrected chi connectivity index (χ0v) is 12.7. The number of aromatic nitrogens is 1. The van der Waals surface area contributed by atoms with E-state index in [9.17, 15) is 0 Å². The first-order valence-electron chi connectivity index (χ1n) is 6.92. The Labute approximate surface area is 114 Å². The van der Waals surface area contributed by atoms with E-state index in [0.717, 1.165) is 30.3 Å². The van der Waals surface area contributed by atoms with Crippen LogP contribution in [0.5, 0.6) is 0 Å². The Kier molecular flexibility index (Phi) is 4.41. The number of nitrogens with one attached hydrogen (secondary N) is 1. The molecule has 2 unspecified atom stereocenters. The molecule has 102 valence electrons.